The van der Waals surface area contributed by atoms with Crippen molar-refractivity contribution in [3.63, 3.8) is 0 Å². The topological polar surface area (TPSA) is 84.3 Å². The largest absolute Gasteiger partial charge is 0.336 e. The van der Waals surface area contributed by atoms with E-state index in [1.165, 1.54) is 16.7 Å². The van der Waals surface area contributed by atoms with E-state index in [9.17, 15) is 14.4 Å². The van der Waals surface area contributed by atoms with E-state index in [1.807, 2.05) is 19.9 Å². The van der Waals surface area contributed by atoms with Crippen molar-refractivity contribution in [1.29, 1.82) is 0 Å². The van der Waals surface area contributed by atoms with Gasteiger partial charge in [-0.25, -0.2) is 9.78 Å². The van der Waals surface area contributed by atoms with Gasteiger partial charge in [0.2, 0.25) is 5.91 Å². The molecule has 7 nitrogen and oxygen atoms in total. The molecule has 1 aliphatic rings. The zero-order valence-corrected chi connectivity index (χ0v) is 15.2. The predicted octanol–water partition coefficient (Wildman–Crippen LogP) is 2.01. The average molecular weight is 360 g/mol. The number of imide groups is 1. The minimum atomic E-state index is -0.526. The Labute approximate surface area is 149 Å². The van der Waals surface area contributed by atoms with Crippen LogP contribution in [0.4, 0.5) is 4.79 Å². The third kappa shape index (κ3) is 3.26. The van der Waals surface area contributed by atoms with E-state index in [1.54, 1.807) is 29.7 Å². The van der Waals surface area contributed by atoms with Crippen molar-refractivity contribution in [2.45, 2.75) is 37.2 Å². The van der Waals surface area contributed by atoms with E-state index in [2.05, 4.69) is 10.3 Å². The average Bonchev–Trinajstić information content (AvgIpc) is 3.00. The number of urea groups is 1. The molecule has 1 saturated heterocycles. The number of hydrogen-bond donors (Lipinski definition) is 1. The molecule has 0 unspecified atom stereocenters. The Morgan fingerprint density at radius 1 is 1.24 bits per heavy atom. The maximum atomic E-state index is 12.8. The zero-order valence-electron chi connectivity index (χ0n) is 14.4. The lowest BCUT2D eigenvalue weighted by Gasteiger charge is -2.20. The van der Waals surface area contributed by atoms with Gasteiger partial charge in [-0.15, -0.1) is 0 Å². The molecule has 132 valence electrons. The minimum absolute atomic E-state index is 0.0931. The second-order valence-electron chi connectivity index (χ2n) is 6.16. The minimum Gasteiger partial charge on any atom is -0.336 e. The van der Waals surface area contributed by atoms with E-state index in [4.69, 9.17) is 0 Å². The number of carbonyl (C=O) groups excluding carboxylic acids is 2. The lowest BCUT2D eigenvalue weighted by Crippen LogP contribution is -2.39. The standard InChI is InChI=1S/C17H20N4O3S/c1-10(2)21-15(23)12-6-4-5-7-13(12)19-17(21)25-11(3)14(22)20-9-8-18-16(20)24/h4-7,10-11H,8-9H2,1-3H3,(H,18,24)/t11-/m0/s1. The summed E-state index contributed by atoms with van der Waals surface area (Å²) in [6.07, 6.45) is 0. The van der Waals surface area contributed by atoms with Gasteiger partial charge in [-0.1, -0.05) is 23.9 Å². The highest BCUT2D eigenvalue weighted by Gasteiger charge is 2.31. The Morgan fingerprint density at radius 3 is 2.60 bits per heavy atom. The number of thioether (sulfide) groups is 1. The summed E-state index contributed by atoms with van der Waals surface area (Å²) >= 11 is 1.21. The summed E-state index contributed by atoms with van der Waals surface area (Å²) in [4.78, 5) is 42.8. The Bertz CT molecular complexity index is 893. The van der Waals surface area contributed by atoms with Crippen LogP contribution in [0, 0.1) is 0 Å². The van der Waals surface area contributed by atoms with Crippen LogP contribution in [0.1, 0.15) is 26.8 Å². The highest BCUT2D eigenvalue weighted by Crippen LogP contribution is 2.26. The normalized spacial score (nSPS) is 15.7. The van der Waals surface area contributed by atoms with Gasteiger partial charge in [0.25, 0.3) is 5.56 Å². The van der Waals surface area contributed by atoms with Crippen molar-refractivity contribution in [2.24, 2.45) is 0 Å². The van der Waals surface area contributed by atoms with Gasteiger partial charge in [-0.2, -0.15) is 0 Å². The van der Waals surface area contributed by atoms with Crippen molar-refractivity contribution in [3.05, 3.63) is 34.6 Å². The van der Waals surface area contributed by atoms with Gasteiger partial charge in [-0.05, 0) is 32.9 Å². The molecule has 0 bridgehead atoms. The van der Waals surface area contributed by atoms with Crippen LogP contribution < -0.4 is 10.9 Å². The molecule has 1 aliphatic heterocycles. The van der Waals surface area contributed by atoms with Crippen LogP contribution in [0.15, 0.2) is 34.2 Å². The van der Waals surface area contributed by atoms with Crippen LogP contribution in [0.25, 0.3) is 10.9 Å². The maximum Gasteiger partial charge on any atom is 0.324 e. The molecule has 0 radical (unpaired) electrons. The molecule has 1 N–H and O–H groups in total. The summed E-state index contributed by atoms with van der Waals surface area (Å²) < 4.78 is 1.60. The Morgan fingerprint density at radius 2 is 1.96 bits per heavy atom. The van der Waals surface area contributed by atoms with Crippen LogP contribution >= 0.6 is 11.8 Å². The predicted molar refractivity (Wildman–Crippen MR) is 96.8 cm³/mol. The van der Waals surface area contributed by atoms with E-state index in [0.717, 1.165) is 0 Å². The molecule has 8 heteroatoms. The number of aromatic nitrogens is 2. The number of amides is 3. The molecule has 0 spiro atoms. The fraction of sp³-hybridized carbons (Fsp3) is 0.412. The lowest BCUT2D eigenvalue weighted by molar-refractivity contribution is -0.126. The zero-order chi connectivity index (χ0) is 18.1. The number of carbonyl (C=O) groups is 2. The molecule has 3 rings (SSSR count). The molecule has 1 aromatic heterocycles. The van der Waals surface area contributed by atoms with Gasteiger partial charge >= 0.3 is 6.03 Å². The van der Waals surface area contributed by atoms with Gasteiger partial charge in [-0.3, -0.25) is 19.1 Å². The number of rotatable bonds is 4. The first kappa shape index (κ1) is 17.5. The molecule has 2 aromatic rings. The molecule has 1 aromatic carbocycles. The second-order valence-corrected chi connectivity index (χ2v) is 7.47. The Hall–Kier alpha value is -2.35. The number of hydrogen-bond acceptors (Lipinski definition) is 5. The molecule has 1 fully saturated rings. The molecule has 0 saturated carbocycles. The third-order valence-corrected chi connectivity index (χ3v) is 5.10. The summed E-state index contributed by atoms with van der Waals surface area (Å²) in [5, 5.41) is 3.13. The van der Waals surface area contributed by atoms with Crippen LogP contribution in [0.5, 0.6) is 0 Å². The van der Waals surface area contributed by atoms with Gasteiger partial charge in [0.15, 0.2) is 5.16 Å². The van der Waals surface area contributed by atoms with E-state index in [-0.39, 0.29) is 23.5 Å². The molecule has 3 amide bonds. The smallest absolute Gasteiger partial charge is 0.324 e. The monoisotopic (exact) mass is 360 g/mol. The summed E-state index contributed by atoms with van der Waals surface area (Å²) in [5.41, 5.74) is 0.479. The number of fused-ring (bicyclic) bond motifs is 1. The van der Waals surface area contributed by atoms with Crippen LogP contribution in [0.2, 0.25) is 0 Å². The number of benzene rings is 1. The summed E-state index contributed by atoms with van der Waals surface area (Å²) in [5.74, 6) is -0.280. The lowest BCUT2D eigenvalue weighted by atomic mass is 10.2. The van der Waals surface area contributed by atoms with Crippen LogP contribution in [-0.4, -0.2) is 44.7 Å². The molecule has 25 heavy (non-hydrogen) atoms. The summed E-state index contributed by atoms with van der Waals surface area (Å²) in [7, 11) is 0. The second kappa shape index (κ2) is 6.87. The van der Waals surface area contributed by atoms with Crippen molar-refractivity contribution >= 4 is 34.6 Å². The first-order valence-corrected chi connectivity index (χ1v) is 9.05. The van der Waals surface area contributed by atoms with E-state index >= 15 is 0 Å². The third-order valence-electron chi connectivity index (χ3n) is 4.04. The van der Waals surface area contributed by atoms with Crippen LogP contribution in [-0.2, 0) is 4.79 Å². The van der Waals surface area contributed by atoms with Crippen LogP contribution in [0.3, 0.4) is 0 Å². The van der Waals surface area contributed by atoms with E-state index < -0.39 is 5.25 Å². The van der Waals surface area contributed by atoms with Crippen molar-refractivity contribution in [1.82, 2.24) is 19.8 Å². The van der Waals surface area contributed by atoms with Crippen molar-refractivity contribution in [2.75, 3.05) is 13.1 Å². The van der Waals surface area contributed by atoms with E-state index in [0.29, 0.717) is 29.1 Å². The molecule has 2 heterocycles. The number of nitrogens with zero attached hydrogens (tertiary/aromatic N) is 3. The molecular formula is C17H20N4O3S. The van der Waals surface area contributed by atoms with Gasteiger partial charge in [0.1, 0.15) is 0 Å². The molecule has 0 aliphatic carbocycles. The fourth-order valence-corrected chi connectivity index (χ4v) is 3.88. The first-order chi connectivity index (χ1) is 11.9. The highest BCUT2D eigenvalue weighted by atomic mass is 32.2. The summed E-state index contributed by atoms with van der Waals surface area (Å²) in [6.45, 7) is 6.37. The molecule has 1 atom stereocenters. The summed E-state index contributed by atoms with van der Waals surface area (Å²) in [6, 6.07) is 6.70. The van der Waals surface area contributed by atoms with Crippen molar-refractivity contribution in [3.8, 4) is 0 Å². The Balaban J connectivity index is 1.97. The SMILES string of the molecule is CC(C)n1c(S[C@@H](C)C(=O)N2CCNC2=O)nc2ccccc2c1=O. The van der Waals surface area contributed by atoms with Gasteiger partial charge in [0, 0.05) is 19.1 Å². The Kier molecular flexibility index (Phi) is 4.80. The quantitative estimate of drug-likeness (QED) is 0.666. The first-order valence-electron chi connectivity index (χ1n) is 8.17. The molecular weight excluding hydrogens is 340 g/mol. The van der Waals surface area contributed by atoms with Gasteiger partial charge in [0.05, 0.1) is 16.2 Å². The highest BCUT2D eigenvalue weighted by molar-refractivity contribution is 8.00. The van der Waals surface area contributed by atoms with Gasteiger partial charge < -0.3 is 5.32 Å². The van der Waals surface area contributed by atoms with Crippen molar-refractivity contribution < 1.29 is 9.59 Å². The number of para-hydroxylation sites is 1. The maximum absolute atomic E-state index is 12.8. The number of nitrogens with one attached hydrogen (secondary N) is 1. The fourth-order valence-electron chi connectivity index (χ4n) is 2.77.